The minimum Gasteiger partial charge on any atom is -0.489 e. The molecule has 4 nitrogen and oxygen atoms in total. The number of hydrogen-bond acceptors (Lipinski definition) is 3. The molecule has 28 heavy (non-hydrogen) atoms. The third-order valence-electron chi connectivity index (χ3n) is 4.93. The highest BCUT2D eigenvalue weighted by Gasteiger charge is 2.28. The van der Waals surface area contributed by atoms with Crippen molar-refractivity contribution in [2.24, 2.45) is 0 Å². The van der Waals surface area contributed by atoms with Crippen molar-refractivity contribution in [2.45, 2.75) is 30.8 Å². The summed E-state index contributed by atoms with van der Waals surface area (Å²) in [5.41, 5.74) is 4.19. The second kappa shape index (κ2) is 7.04. The molecule has 0 radical (unpaired) electrons. The molecule has 1 aliphatic rings. The van der Waals surface area contributed by atoms with Crippen LogP contribution >= 0.6 is 0 Å². The lowest BCUT2D eigenvalue weighted by molar-refractivity contribution is 0.233. The second-order valence-corrected chi connectivity index (χ2v) is 8.43. The fourth-order valence-electron chi connectivity index (χ4n) is 3.67. The molecule has 4 rings (SSSR count). The van der Waals surface area contributed by atoms with Crippen molar-refractivity contribution in [3.8, 4) is 16.9 Å². The van der Waals surface area contributed by atoms with E-state index in [-0.39, 0.29) is 16.8 Å². The summed E-state index contributed by atoms with van der Waals surface area (Å²) < 4.78 is 52.4. The lowest BCUT2D eigenvalue weighted by Gasteiger charge is -2.15. The van der Waals surface area contributed by atoms with Crippen LogP contribution in [0.5, 0.6) is 5.75 Å². The summed E-state index contributed by atoms with van der Waals surface area (Å²) in [7, 11) is -4.31. The largest absolute Gasteiger partial charge is 0.489 e. The zero-order chi connectivity index (χ0) is 19.9. The predicted octanol–water partition coefficient (Wildman–Crippen LogP) is 4.59. The van der Waals surface area contributed by atoms with Gasteiger partial charge in [-0.3, -0.25) is 4.55 Å². The molecule has 3 aromatic carbocycles. The molecule has 0 saturated carbocycles. The Hall–Kier alpha value is -2.70. The highest BCUT2D eigenvalue weighted by Crippen LogP contribution is 2.39. The zero-order valence-corrected chi connectivity index (χ0v) is 16.0. The van der Waals surface area contributed by atoms with E-state index in [1.807, 2.05) is 25.1 Å². The molecule has 1 atom stereocenters. The topological polar surface area (TPSA) is 63.6 Å². The fourth-order valence-corrected chi connectivity index (χ4v) is 4.39. The number of para-hydroxylation sites is 1. The van der Waals surface area contributed by atoms with Crippen molar-refractivity contribution in [1.82, 2.24) is 0 Å². The molecular weight excluding hydrogens is 379 g/mol. The molecule has 0 amide bonds. The van der Waals surface area contributed by atoms with E-state index in [9.17, 15) is 17.4 Å². The van der Waals surface area contributed by atoms with Crippen molar-refractivity contribution in [1.29, 1.82) is 0 Å². The first-order chi connectivity index (χ1) is 13.3. The highest BCUT2D eigenvalue weighted by atomic mass is 32.2. The Morgan fingerprint density at radius 1 is 1.11 bits per heavy atom. The number of fused-ring (bicyclic) bond motifs is 1. The van der Waals surface area contributed by atoms with E-state index >= 15 is 0 Å². The first kappa shape index (κ1) is 18.7. The molecule has 0 fully saturated rings. The van der Waals surface area contributed by atoms with E-state index in [1.54, 1.807) is 24.3 Å². The maximum atomic E-state index is 13.2. The van der Waals surface area contributed by atoms with Gasteiger partial charge in [-0.05, 0) is 41.8 Å². The second-order valence-electron chi connectivity index (χ2n) is 7.04. The van der Waals surface area contributed by atoms with Crippen molar-refractivity contribution in [3.05, 3.63) is 83.2 Å². The third kappa shape index (κ3) is 3.66. The first-order valence-electron chi connectivity index (χ1n) is 8.93. The first-order valence-corrected chi connectivity index (χ1v) is 10.4. The van der Waals surface area contributed by atoms with Crippen molar-refractivity contribution in [3.63, 3.8) is 0 Å². The Bertz CT molecular complexity index is 1140. The van der Waals surface area contributed by atoms with Crippen LogP contribution in [0.15, 0.2) is 65.6 Å². The van der Waals surface area contributed by atoms with E-state index in [2.05, 4.69) is 0 Å². The number of ether oxygens (including phenoxy) is 1. The standard InChI is InChI=1S/C22H19FO4S/c1-14-5-10-21(28(24,25)26)17(11-14)13-19-12-16-3-2-4-20(22(16)27-19)15-6-8-18(23)9-7-15/h2-11,19H,12-13H2,1H3,(H,24,25,26). The Balaban J connectivity index is 1.65. The van der Waals surface area contributed by atoms with E-state index in [1.165, 1.54) is 18.2 Å². The number of aryl methyl sites for hydroxylation is 1. The van der Waals surface area contributed by atoms with Crippen LogP contribution in [0.4, 0.5) is 4.39 Å². The lowest BCUT2D eigenvalue weighted by Crippen LogP contribution is -2.18. The van der Waals surface area contributed by atoms with Crippen LogP contribution in [0.3, 0.4) is 0 Å². The Morgan fingerprint density at radius 2 is 1.86 bits per heavy atom. The number of halogens is 1. The molecule has 0 bridgehead atoms. The van der Waals surface area contributed by atoms with Gasteiger partial charge in [-0.1, -0.05) is 48.0 Å². The predicted molar refractivity (Wildman–Crippen MR) is 105 cm³/mol. The lowest BCUT2D eigenvalue weighted by atomic mass is 9.99. The van der Waals surface area contributed by atoms with E-state index < -0.39 is 10.1 Å². The Kier molecular flexibility index (Phi) is 4.69. The van der Waals surface area contributed by atoms with Gasteiger partial charge in [0.25, 0.3) is 10.1 Å². The van der Waals surface area contributed by atoms with Crippen LogP contribution in [0.25, 0.3) is 11.1 Å². The molecule has 144 valence electrons. The van der Waals surface area contributed by atoms with Crippen molar-refractivity contribution >= 4 is 10.1 Å². The zero-order valence-electron chi connectivity index (χ0n) is 15.2. The summed E-state index contributed by atoms with van der Waals surface area (Å²) in [5.74, 6) is 0.437. The van der Waals surface area contributed by atoms with Gasteiger partial charge in [0.15, 0.2) is 0 Å². The van der Waals surface area contributed by atoms with Gasteiger partial charge in [-0.15, -0.1) is 0 Å². The summed E-state index contributed by atoms with van der Waals surface area (Å²) >= 11 is 0. The van der Waals surface area contributed by atoms with Crippen molar-refractivity contribution in [2.75, 3.05) is 0 Å². The normalized spacial score (nSPS) is 15.9. The van der Waals surface area contributed by atoms with Crippen LogP contribution in [-0.2, 0) is 23.0 Å². The molecule has 0 aromatic heterocycles. The molecular formula is C22H19FO4S. The molecule has 3 aromatic rings. The number of hydrogen-bond donors (Lipinski definition) is 1. The molecule has 0 aliphatic carbocycles. The Labute approximate surface area is 163 Å². The molecule has 1 heterocycles. The van der Waals surface area contributed by atoms with Crippen LogP contribution in [0.1, 0.15) is 16.7 Å². The monoisotopic (exact) mass is 398 g/mol. The average molecular weight is 398 g/mol. The summed E-state index contributed by atoms with van der Waals surface area (Å²) in [6, 6.07) is 16.9. The third-order valence-corrected chi connectivity index (χ3v) is 5.88. The maximum absolute atomic E-state index is 13.2. The molecule has 1 N–H and O–H groups in total. The Morgan fingerprint density at radius 3 is 2.57 bits per heavy atom. The van der Waals surface area contributed by atoms with E-state index in [4.69, 9.17) is 4.74 Å². The van der Waals surface area contributed by atoms with Gasteiger partial charge in [0.05, 0.1) is 4.90 Å². The van der Waals surface area contributed by atoms with Gasteiger partial charge in [0.1, 0.15) is 17.7 Å². The van der Waals surface area contributed by atoms with Gasteiger partial charge in [-0.25, -0.2) is 4.39 Å². The van der Waals surface area contributed by atoms with Gasteiger partial charge >= 0.3 is 0 Å². The molecule has 0 spiro atoms. The minimum atomic E-state index is -4.31. The van der Waals surface area contributed by atoms with E-state index in [0.717, 1.165) is 28.0 Å². The van der Waals surface area contributed by atoms with Gasteiger partial charge < -0.3 is 4.74 Å². The van der Waals surface area contributed by atoms with Crippen LogP contribution in [0.2, 0.25) is 0 Å². The van der Waals surface area contributed by atoms with Crippen molar-refractivity contribution < 1.29 is 22.1 Å². The minimum absolute atomic E-state index is 0.0867. The SMILES string of the molecule is Cc1ccc(S(=O)(=O)O)c(CC2Cc3cccc(-c4ccc(F)cc4)c3O2)c1. The van der Waals surface area contributed by atoms with Crippen LogP contribution < -0.4 is 4.74 Å². The van der Waals surface area contributed by atoms with Gasteiger partial charge in [-0.2, -0.15) is 8.42 Å². The summed E-state index contributed by atoms with van der Waals surface area (Å²) in [6.07, 6.45) is 0.733. The fraction of sp³-hybridized carbons (Fsp3) is 0.182. The molecule has 0 saturated heterocycles. The van der Waals surface area contributed by atoms with Crippen LogP contribution in [0, 0.1) is 12.7 Å². The quantitative estimate of drug-likeness (QED) is 0.653. The summed E-state index contributed by atoms with van der Waals surface area (Å²) in [5, 5.41) is 0. The number of benzene rings is 3. The average Bonchev–Trinajstić information content (AvgIpc) is 3.04. The molecule has 1 unspecified atom stereocenters. The van der Waals surface area contributed by atoms with Gasteiger partial charge in [0, 0.05) is 18.4 Å². The molecule has 6 heteroatoms. The molecule has 1 aliphatic heterocycles. The van der Waals surface area contributed by atoms with Gasteiger partial charge in [0.2, 0.25) is 0 Å². The van der Waals surface area contributed by atoms with Crippen LogP contribution in [-0.4, -0.2) is 19.1 Å². The van der Waals surface area contributed by atoms with E-state index in [0.29, 0.717) is 18.4 Å². The number of rotatable bonds is 4. The summed E-state index contributed by atoms with van der Waals surface area (Å²) in [6.45, 7) is 1.87. The maximum Gasteiger partial charge on any atom is 0.294 e. The smallest absolute Gasteiger partial charge is 0.294 e. The highest BCUT2D eigenvalue weighted by molar-refractivity contribution is 7.85. The summed E-state index contributed by atoms with van der Waals surface area (Å²) in [4.78, 5) is -0.0867.